The van der Waals surface area contributed by atoms with Gasteiger partial charge in [-0.3, -0.25) is 0 Å². The van der Waals surface area contributed by atoms with Crippen molar-refractivity contribution < 1.29 is 12.8 Å². The summed E-state index contributed by atoms with van der Waals surface area (Å²) in [4.78, 5) is 2.76. The maximum atomic E-state index is 12.4. The Bertz CT molecular complexity index is 406. The molecule has 3 nitrogen and oxygen atoms in total. The number of hydrogen-bond acceptors (Lipinski definition) is 3. The molecule has 0 aliphatic carbocycles. The van der Waals surface area contributed by atoms with E-state index < -0.39 is 15.0 Å². The number of nitrogens with zero attached hydrogens (tertiary/aromatic N) is 1. The molecular weight excluding hydrogens is 228 g/mol. The predicted octanol–water partition coefficient (Wildman–Crippen LogP) is 1.80. The standard InChI is InChI=1S/C5H2Cl2FNO2S/c6-4-1-3(12(7,10)11)2-9-5(4)8/h1-2H. The molecule has 12 heavy (non-hydrogen) atoms. The van der Waals surface area contributed by atoms with E-state index in [4.69, 9.17) is 22.3 Å². The Labute approximate surface area is 77.6 Å². The molecular formula is C5H2Cl2FNO2S. The van der Waals surface area contributed by atoms with Crippen LogP contribution in [0.15, 0.2) is 17.2 Å². The van der Waals surface area contributed by atoms with Gasteiger partial charge in [-0.2, -0.15) is 4.39 Å². The Hall–Kier alpha value is -0.390. The predicted molar refractivity (Wildman–Crippen MR) is 42.2 cm³/mol. The van der Waals surface area contributed by atoms with Gasteiger partial charge in [-0.1, -0.05) is 11.6 Å². The highest BCUT2D eigenvalue weighted by Gasteiger charge is 2.12. The van der Waals surface area contributed by atoms with Gasteiger partial charge in [0.2, 0.25) is 5.95 Å². The van der Waals surface area contributed by atoms with Gasteiger partial charge in [-0.05, 0) is 6.07 Å². The maximum Gasteiger partial charge on any atom is 0.262 e. The molecule has 0 saturated carbocycles. The van der Waals surface area contributed by atoms with E-state index in [1.54, 1.807) is 0 Å². The first-order chi connectivity index (χ1) is 5.41. The van der Waals surface area contributed by atoms with Crippen LogP contribution in [0, 0.1) is 5.95 Å². The SMILES string of the molecule is O=S(=O)(Cl)c1cnc(F)c(Cl)c1. The molecule has 0 aliphatic heterocycles. The van der Waals surface area contributed by atoms with E-state index in [0.29, 0.717) is 0 Å². The molecule has 0 amide bonds. The van der Waals surface area contributed by atoms with Crippen molar-refractivity contribution in [1.82, 2.24) is 4.98 Å². The van der Waals surface area contributed by atoms with Crippen molar-refractivity contribution in [3.05, 3.63) is 23.2 Å². The fourth-order valence-corrected chi connectivity index (χ4v) is 1.46. The lowest BCUT2D eigenvalue weighted by atomic mass is 10.5. The summed E-state index contributed by atoms with van der Waals surface area (Å²) in [5, 5.41) is -0.378. The maximum absolute atomic E-state index is 12.4. The molecule has 1 aromatic rings. The van der Waals surface area contributed by atoms with Crippen LogP contribution in [0.5, 0.6) is 0 Å². The second-order valence-electron chi connectivity index (χ2n) is 1.88. The average molecular weight is 230 g/mol. The molecule has 0 fully saturated rings. The summed E-state index contributed by atoms with van der Waals surface area (Å²) in [6, 6.07) is 0.895. The van der Waals surface area contributed by atoms with Crippen molar-refractivity contribution in [2.75, 3.05) is 0 Å². The lowest BCUT2D eigenvalue weighted by molar-refractivity contribution is 0.579. The minimum Gasteiger partial charge on any atom is -0.226 e. The average Bonchev–Trinajstić information content (AvgIpc) is 1.92. The third kappa shape index (κ3) is 2.06. The van der Waals surface area contributed by atoms with Crippen molar-refractivity contribution in [3.63, 3.8) is 0 Å². The summed E-state index contributed by atoms with van der Waals surface area (Å²) in [6.07, 6.45) is 0.795. The molecule has 0 aliphatic rings. The van der Waals surface area contributed by atoms with Crippen LogP contribution in [-0.2, 0) is 9.05 Å². The molecule has 0 N–H and O–H groups in total. The second kappa shape index (κ2) is 3.16. The Kier molecular flexibility index (Phi) is 2.55. The zero-order valence-electron chi connectivity index (χ0n) is 5.46. The Balaban J connectivity index is 3.33. The van der Waals surface area contributed by atoms with E-state index in [-0.39, 0.29) is 9.92 Å². The fraction of sp³-hybridized carbons (Fsp3) is 0. The summed E-state index contributed by atoms with van der Waals surface area (Å²) < 4.78 is 33.7. The lowest BCUT2D eigenvalue weighted by Gasteiger charge is -1.95. The van der Waals surface area contributed by atoms with Crippen LogP contribution in [0.25, 0.3) is 0 Å². The Morgan fingerprint density at radius 1 is 1.50 bits per heavy atom. The van der Waals surface area contributed by atoms with Crippen LogP contribution in [0.1, 0.15) is 0 Å². The summed E-state index contributed by atoms with van der Waals surface area (Å²) in [5.74, 6) is -0.930. The molecule has 1 rings (SSSR count). The number of halogens is 3. The van der Waals surface area contributed by atoms with Crippen LogP contribution in [-0.4, -0.2) is 13.4 Å². The highest BCUT2D eigenvalue weighted by molar-refractivity contribution is 8.13. The first-order valence-corrected chi connectivity index (χ1v) is 5.35. The molecule has 7 heteroatoms. The molecule has 66 valence electrons. The van der Waals surface area contributed by atoms with Gasteiger partial charge in [0.05, 0.1) is 11.2 Å². The first kappa shape index (κ1) is 9.70. The lowest BCUT2D eigenvalue weighted by Crippen LogP contribution is -1.93. The molecule has 1 aromatic heterocycles. The van der Waals surface area contributed by atoms with Crippen molar-refractivity contribution in [2.45, 2.75) is 4.90 Å². The Morgan fingerprint density at radius 3 is 2.50 bits per heavy atom. The van der Waals surface area contributed by atoms with Crippen molar-refractivity contribution >= 4 is 31.3 Å². The molecule has 0 saturated heterocycles. The van der Waals surface area contributed by atoms with Gasteiger partial charge in [0.25, 0.3) is 9.05 Å². The van der Waals surface area contributed by atoms with Crippen LogP contribution < -0.4 is 0 Å². The van der Waals surface area contributed by atoms with Crippen molar-refractivity contribution in [1.29, 1.82) is 0 Å². The number of aromatic nitrogens is 1. The quantitative estimate of drug-likeness (QED) is 0.545. The van der Waals surface area contributed by atoms with E-state index in [1.807, 2.05) is 0 Å². The van der Waals surface area contributed by atoms with Gasteiger partial charge in [-0.15, -0.1) is 0 Å². The minimum atomic E-state index is -3.88. The van der Waals surface area contributed by atoms with Gasteiger partial charge in [-0.25, -0.2) is 13.4 Å². The Morgan fingerprint density at radius 2 is 2.08 bits per heavy atom. The largest absolute Gasteiger partial charge is 0.262 e. The van der Waals surface area contributed by atoms with Gasteiger partial charge in [0, 0.05) is 10.7 Å². The third-order valence-corrected chi connectivity index (χ3v) is 2.64. The van der Waals surface area contributed by atoms with Gasteiger partial charge >= 0.3 is 0 Å². The highest BCUT2D eigenvalue weighted by Crippen LogP contribution is 2.19. The van der Waals surface area contributed by atoms with Crippen molar-refractivity contribution in [2.24, 2.45) is 0 Å². The highest BCUT2D eigenvalue weighted by atomic mass is 35.7. The molecule has 0 spiro atoms. The summed E-state index contributed by atoms with van der Waals surface area (Å²) in [6.45, 7) is 0. The molecule has 0 bridgehead atoms. The zero-order valence-corrected chi connectivity index (χ0v) is 7.79. The van der Waals surface area contributed by atoms with Gasteiger partial charge in [0.15, 0.2) is 0 Å². The topological polar surface area (TPSA) is 47.0 Å². The van der Waals surface area contributed by atoms with E-state index in [0.717, 1.165) is 12.3 Å². The molecule has 0 aromatic carbocycles. The van der Waals surface area contributed by atoms with E-state index >= 15 is 0 Å². The van der Waals surface area contributed by atoms with E-state index in [1.165, 1.54) is 0 Å². The minimum absolute atomic E-state index is 0.324. The first-order valence-electron chi connectivity index (χ1n) is 2.67. The number of hydrogen-bond donors (Lipinski definition) is 0. The van der Waals surface area contributed by atoms with E-state index in [2.05, 4.69) is 4.98 Å². The van der Waals surface area contributed by atoms with Crippen LogP contribution >= 0.6 is 22.3 Å². The van der Waals surface area contributed by atoms with Gasteiger partial charge in [0.1, 0.15) is 4.90 Å². The summed E-state index contributed by atoms with van der Waals surface area (Å²) in [7, 11) is 1.05. The fourth-order valence-electron chi connectivity index (χ4n) is 0.537. The summed E-state index contributed by atoms with van der Waals surface area (Å²) in [5.41, 5.74) is 0. The molecule has 0 radical (unpaired) electrons. The van der Waals surface area contributed by atoms with Crippen LogP contribution in [0.4, 0.5) is 4.39 Å². The van der Waals surface area contributed by atoms with Gasteiger partial charge < -0.3 is 0 Å². The van der Waals surface area contributed by atoms with Crippen LogP contribution in [0.2, 0.25) is 5.02 Å². The normalized spacial score (nSPS) is 11.6. The second-order valence-corrected chi connectivity index (χ2v) is 4.85. The smallest absolute Gasteiger partial charge is 0.226 e. The molecule has 1 heterocycles. The summed E-state index contributed by atoms with van der Waals surface area (Å²) >= 11 is 5.26. The zero-order chi connectivity index (χ0) is 9.35. The number of rotatable bonds is 1. The van der Waals surface area contributed by atoms with Crippen LogP contribution in [0.3, 0.4) is 0 Å². The third-order valence-electron chi connectivity index (χ3n) is 1.05. The van der Waals surface area contributed by atoms with E-state index in [9.17, 15) is 12.8 Å². The van der Waals surface area contributed by atoms with Crippen molar-refractivity contribution in [3.8, 4) is 0 Å². The monoisotopic (exact) mass is 229 g/mol. The number of pyridine rings is 1. The molecule has 0 unspecified atom stereocenters. The molecule has 0 atom stereocenters.